The molecule has 0 saturated heterocycles. The molecule has 1 aliphatic heterocycles. The highest BCUT2D eigenvalue weighted by Gasteiger charge is 2.33. The Labute approximate surface area is 210 Å². The van der Waals surface area contributed by atoms with Gasteiger partial charge in [0.25, 0.3) is 5.91 Å². The van der Waals surface area contributed by atoms with Gasteiger partial charge in [0.2, 0.25) is 5.95 Å². The first-order chi connectivity index (χ1) is 17.5. The van der Waals surface area contributed by atoms with Gasteiger partial charge < -0.3 is 24.7 Å². The highest BCUT2D eigenvalue weighted by molar-refractivity contribution is 6.33. The number of aromatic nitrogens is 3. The summed E-state index contributed by atoms with van der Waals surface area (Å²) in [6.45, 7) is 0.161. The molecule has 8 nitrogen and oxygen atoms in total. The Kier molecular flexibility index (Phi) is 6.02. The summed E-state index contributed by atoms with van der Waals surface area (Å²) in [5, 5.41) is 4.96. The van der Waals surface area contributed by atoms with E-state index in [-0.39, 0.29) is 52.5 Å². The van der Waals surface area contributed by atoms with E-state index in [0.29, 0.717) is 18.2 Å². The van der Waals surface area contributed by atoms with Crippen molar-refractivity contribution in [1.82, 2.24) is 14.5 Å². The Bertz CT molecular complexity index is 1540. The summed E-state index contributed by atoms with van der Waals surface area (Å²) in [4.78, 5) is 21.5. The Morgan fingerprint density at radius 1 is 1.05 bits per heavy atom. The van der Waals surface area contributed by atoms with E-state index in [2.05, 4.69) is 20.6 Å². The van der Waals surface area contributed by atoms with Gasteiger partial charge in [0, 0.05) is 7.05 Å². The molecule has 0 radical (unpaired) electrons. The van der Waals surface area contributed by atoms with E-state index in [1.54, 1.807) is 7.05 Å². The number of carbonyl (C=O) groups excluding carboxylic acids is 1. The molecule has 3 heterocycles. The number of hydrogen-bond acceptors (Lipinski definition) is 6. The molecule has 0 aliphatic carbocycles. The maximum absolute atomic E-state index is 14.3. The first-order valence-corrected chi connectivity index (χ1v) is 11.0. The number of pyridine rings is 1. The van der Waals surface area contributed by atoms with Gasteiger partial charge in [0.05, 0.1) is 22.0 Å². The molecule has 0 bridgehead atoms. The monoisotopic (exact) mass is 539 g/mol. The van der Waals surface area contributed by atoms with Gasteiger partial charge >= 0.3 is 6.18 Å². The lowest BCUT2D eigenvalue weighted by molar-refractivity contribution is -0.137. The minimum absolute atomic E-state index is 0.0311. The molecule has 2 aromatic heterocycles. The highest BCUT2D eigenvalue weighted by Crippen LogP contribution is 2.41. The second kappa shape index (κ2) is 9.07. The second-order valence-electron chi connectivity index (χ2n) is 7.85. The molecule has 1 aliphatic rings. The predicted octanol–water partition coefficient (Wildman–Crippen LogP) is 5.69. The first kappa shape index (κ1) is 24.6. The number of anilines is 3. The summed E-state index contributed by atoms with van der Waals surface area (Å²) < 4.78 is 80.5. The van der Waals surface area contributed by atoms with E-state index < -0.39 is 40.7 Å². The van der Waals surface area contributed by atoms with Gasteiger partial charge in [-0.25, -0.2) is 13.8 Å². The fraction of sp³-hybridized carbons (Fsp3) is 0.174. The number of alkyl halides is 3. The van der Waals surface area contributed by atoms with Crippen LogP contribution in [0.25, 0.3) is 11.2 Å². The van der Waals surface area contributed by atoms with Crippen molar-refractivity contribution in [3.05, 3.63) is 64.3 Å². The van der Waals surface area contributed by atoms with Crippen molar-refractivity contribution in [1.29, 1.82) is 0 Å². The Morgan fingerprint density at radius 3 is 2.49 bits per heavy atom. The van der Waals surface area contributed by atoms with Crippen molar-refractivity contribution < 1.29 is 36.2 Å². The summed E-state index contributed by atoms with van der Waals surface area (Å²) in [6, 6.07) is 5.72. The SMILES string of the molecule is Cn1c(Nc2c(F)cccc2Cl)nc2nc(C(=O)Nc3cc(C(F)(F)F)ccc3F)c3c(c21)OCCO3. The van der Waals surface area contributed by atoms with Gasteiger partial charge in [-0.2, -0.15) is 18.2 Å². The van der Waals surface area contributed by atoms with E-state index in [9.17, 15) is 26.7 Å². The van der Waals surface area contributed by atoms with E-state index in [1.807, 2.05) is 0 Å². The molecule has 37 heavy (non-hydrogen) atoms. The number of amides is 1. The van der Waals surface area contributed by atoms with Crippen molar-refractivity contribution in [2.45, 2.75) is 6.18 Å². The van der Waals surface area contributed by atoms with E-state index in [1.165, 1.54) is 22.8 Å². The van der Waals surface area contributed by atoms with Crippen LogP contribution in [0.15, 0.2) is 36.4 Å². The zero-order valence-electron chi connectivity index (χ0n) is 18.7. The highest BCUT2D eigenvalue weighted by atomic mass is 35.5. The lowest BCUT2D eigenvalue weighted by Gasteiger charge is -2.21. The molecule has 14 heteroatoms. The Balaban J connectivity index is 1.58. The van der Waals surface area contributed by atoms with Crippen LogP contribution < -0.4 is 20.1 Å². The van der Waals surface area contributed by atoms with Gasteiger partial charge in [0.1, 0.15) is 30.4 Å². The number of rotatable bonds is 4. The van der Waals surface area contributed by atoms with Crippen LogP contribution in [0.4, 0.5) is 39.3 Å². The molecule has 5 rings (SSSR count). The normalized spacial score (nSPS) is 13.1. The zero-order valence-corrected chi connectivity index (χ0v) is 19.5. The summed E-state index contributed by atoms with van der Waals surface area (Å²) in [6.07, 6.45) is -4.75. The number of fused-ring (bicyclic) bond motifs is 3. The van der Waals surface area contributed by atoms with Crippen LogP contribution in [0.5, 0.6) is 11.5 Å². The average Bonchev–Trinajstić information content (AvgIpc) is 3.16. The number of para-hydroxylation sites is 1. The van der Waals surface area contributed by atoms with E-state index >= 15 is 0 Å². The Morgan fingerprint density at radius 2 is 1.78 bits per heavy atom. The maximum atomic E-state index is 14.3. The number of imidazole rings is 1. The van der Waals surface area contributed by atoms with Gasteiger partial charge in [0.15, 0.2) is 22.8 Å². The molecule has 0 atom stereocenters. The van der Waals surface area contributed by atoms with Crippen molar-refractivity contribution >= 4 is 46.0 Å². The minimum atomic E-state index is -4.75. The maximum Gasteiger partial charge on any atom is 0.416 e. The lowest BCUT2D eigenvalue weighted by Crippen LogP contribution is -2.22. The van der Waals surface area contributed by atoms with Crippen molar-refractivity contribution in [2.75, 3.05) is 23.8 Å². The van der Waals surface area contributed by atoms with Crippen LogP contribution in [0, 0.1) is 11.6 Å². The molecule has 4 aromatic rings. The summed E-state index contributed by atoms with van der Waals surface area (Å²) in [5.74, 6) is -2.72. The van der Waals surface area contributed by atoms with E-state index in [4.69, 9.17) is 21.1 Å². The molecule has 2 N–H and O–H groups in total. The van der Waals surface area contributed by atoms with Crippen molar-refractivity contribution in [3.8, 4) is 11.5 Å². The van der Waals surface area contributed by atoms with Crippen LogP contribution in [-0.4, -0.2) is 33.7 Å². The summed E-state index contributed by atoms with van der Waals surface area (Å²) in [5.41, 5.74) is -2.05. The molecule has 1 amide bonds. The summed E-state index contributed by atoms with van der Waals surface area (Å²) >= 11 is 6.09. The molecule has 0 spiro atoms. The molecule has 0 unspecified atom stereocenters. The fourth-order valence-corrected chi connectivity index (χ4v) is 3.93. The van der Waals surface area contributed by atoms with Gasteiger partial charge in [-0.15, -0.1) is 0 Å². The molecule has 192 valence electrons. The topological polar surface area (TPSA) is 90.3 Å². The molecule has 2 aromatic carbocycles. The van der Waals surface area contributed by atoms with Gasteiger partial charge in [-0.05, 0) is 30.3 Å². The second-order valence-corrected chi connectivity index (χ2v) is 8.26. The third-order valence-corrected chi connectivity index (χ3v) is 5.78. The quantitative estimate of drug-likeness (QED) is 0.324. The number of benzene rings is 2. The Hall–Kier alpha value is -4.13. The lowest BCUT2D eigenvalue weighted by atomic mass is 10.1. The van der Waals surface area contributed by atoms with Crippen LogP contribution in [0.3, 0.4) is 0 Å². The van der Waals surface area contributed by atoms with Crippen molar-refractivity contribution in [3.63, 3.8) is 0 Å². The molecule has 0 fully saturated rings. The number of nitrogens with one attached hydrogen (secondary N) is 2. The van der Waals surface area contributed by atoms with Gasteiger partial charge in [-0.3, -0.25) is 4.79 Å². The first-order valence-electron chi connectivity index (χ1n) is 10.6. The number of ether oxygens (including phenoxy) is 2. The van der Waals surface area contributed by atoms with Crippen LogP contribution in [-0.2, 0) is 13.2 Å². The van der Waals surface area contributed by atoms with Crippen LogP contribution >= 0.6 is 11.6 Å². The number of nitrogens with zero attached hydrogens (tertiary/aromatic N) is 3. The fourth-order valence-electron chi connectivity index (χ4n) is 3.72. The number of aryl methyl sites for hydroxylation is 1. The number of hydrogen-bond donors (Lipinski definition) is 2. The van der Waals surface area contributed by atoms with Crippen LogP contribution in [0.2, 0.25) is 5.02 Å². The molecule has 0 saturated carbocycles. The van der Waals surface area contributed by atoms with Crippen molar-refractivity contribution in [2.24, 2.45) is 7.05 Å². The molecular weight excluding hydrogens is 525 g/mol. The third-order valence-electron chi connectivity index (χ3n) is 5.46. The zero-order chi connectivity index (χ0) is 26.5. The number of halogens is 6. The van der Waals surface area contributed by atoms with Gasteiger partial charge in [-0.1, -0.05) is 17.7 Å². The standard InChI is InChI=1S/C23H15ClF5N5O3/c1-34-17-19-18(36-7-8-37-19)16(21(35)30-14-9-10(23(27,28)29)5-6-12(14)25)31-20(17)33-22(34)32-15-11(24)3-2-4-13(15)26/h2-6,9H,7-8H2,1H3,(H,30,35)(H,31,32,33). The largest absolute Gasteiger partial charge is 0.484 e. The predicted molar refractivity (Wildman–Crippen MR) is 124 cm³/mol. The summed E-state index contributed by atoms with van der Waals surface area (Å²) in [7, 11) is 1.57. The molecular formula is C23H15ClF5N5O3. The average molecular weight is 540 g/mol. The number of carbonyl (C=O) groups is 1. The smallest absolute Gasteiger partial charge is 0.416 e. The third kappa shape index (κ3) is 4.46. The minimum Gasteiger partial charge on any atom is -0.484 e. The van der Waals surface area contributed by atoms with Crippen LogP contribution in [0.1, 0.15) is 16.1 Å². The van der Waals surface area contributed by atoms with E-state index in [0.717, 1.165) is 0 Å².